The highest BCUT2D eigenvalue weighted by Crippen LogP contribution is 2.27. The van der Waals surface area contributed by atoms with Crippen LogP contribution < -0.4 is 5.73 Å². The highest BCUT2D eigenvalue weighted by atomic mass is 15.0. The van der Waals surface area contributed by atoms with Crippen molar-refractivity contribution in [3.63, 3.8) is 0 Å². The van der Waals surface area contributed by atoms with Crippen molar-refractivity contribution in [3.05, 3.63) is 41.6 Å². The van der Waals surface area contributed by atoms with Gasteiger partial charge in [0.2, 0.25) is 0 Å². The second-order valence-electron chi connectivity index (χ2n) is 4.08. The highest BCUT2D eigenvalue weighted by Gasteiger charge is 2.17. The van der Waals surface area contributed by atoms with E-state index >= 15 is 0 Å². The summed E-state index contributed by atoms with van der Waals surface area (Å²) >= 11 is 0. The minimum absolute atomic E-state index is 0.654. The molecule has 0 fully saturated rings. The van der Waals surface area contributed by atoms with Crippen LogP contribution in [0.15, 0.2) is 30.3 Å². The van der Waals surface area contributed by atoms with Gasteiger partial charge in [-0.25, -0.2) is 9.97 Å². The molecule has 0 saturated heterocycles. The Kier molecular flexibility index (Phi) is 2.10. The van der Waals surface area contributed by atoms with Crippen LogP contribution in [-0.4, -0.2) is 9.97 Å². The lowest BCUT2D eigenvalue weighted by atomic mass is 10.2. The average Bonchev–Trinajstić information content (AvgIpc) is 2.79. The van der Waals surface area contributed by atoms with Crippen LogP contribution >= 0.6 is 0 Å². The van der Waals surface area contributed by atoms with E-state index in [0.717, 1.165) is 41.9 Å². The highest BCUT2D eigenvalue weighted by molar-refractivity contribution is 5.59. The molecule has 0 atom stereocenters. The van der Waals surface area contributed by atoms with Crippen molar-refractivity contribution in [2.45, 2.75) is 19.3 Å². The van der Waals surface area contributed by atoms with Gasteiger partial charge in [-0.2, -0.15) is 0 Å². The number of rotatable bonds is 1. The topological polar surface area (TPSA) is 51.8 Å². The van der Waals surface area contributed by atoms with Gasteiger partial charge in [-0.3, -0.25) is 0 Å². The van der Waals surface area contributed by atoms with E-state index in [1.54, 1.807) is 0 Å². The van der Waals surface area contributed by atoms with Crippen LogP contribution in [0.1, 0.15) is 17.7 Å². The molecule has 0 saturated carbocycles. The lowest BCUT2D eigenvalue weighted by Crippen LogP contribution is -2.02. The molecule has 1 aliphatic rings. The molecule has 0 spiro atoms. The van der Waals surface area contributed by atoms with Gasteiger partial charge in [-0.15, -0.1) is 0 Å². The summed E-state index contributed by atoms with van der Waals surface area (Å²) in [5, 5.41) is 0. The number of nitrogen functional groups attached to an aromatic ring is 1. The summed E-state index contributed by atoms with van der Waals surface area (Å²) in [6, 6.07) is 9.98. The maximum atomic E-state index is 5.96. The van der Waals surface area contributed by atoms with E-state index in [4.69, 9.17) is 5.73 Å². The van der Waals surface area contributed by atoms with Gasteiger partial charge < -0.3 is 5.73 Å². The third-order valence-electron chi connectivity index (χ3n) is 3.00. The largest absolute Gasteiger partial charge is 0.383 e. The number of hydrogen-bond donors (Lipinski definition) is 1. The number of fused-ring (bicyclic) bond motifs is 1. The zero-order valence-corrected chi connectivity index (χ0v) is 8.98. The van der Waals surface area contributed by atoms with Crippen molar-refractivity contribution in [2.75, 3.05) is 5.73 Å². The molecular formula is C13H13N3. The summed E-state index contributed by atoms with van der Waals surface area (Å²) in [6.45, 7) is 0. The van der Waals surface area contributed by atoms with E-state index in [-0.39, 0.29) is 0 Å². The maximum absolute atomic E-state index is 5.96. The quantitative estimate of drug-likeness (QED) is 0.786. The van der Waals surface area contributed by atoms with Crippen molar-refractivity contribution in [1.29, 1.82) is 0 Å². The summed E-state index contributed by atoms with van der Waals surface area (Å²) in [5.74, 6) is 1.40. The molecule has 1 aliphatic carbocycles. The number of nitrogens with zero attached hydrogens (tertiary/aromatic N) is 2. The minimum Gasteiger partial charge on any atom is -0.383 e. The SMILES string of the molecule is Nc1nc(-c2ccccc2)nc2c1CCC2. The molecule has 2 aromatic rings. The number of anilines is 1. The normalized spacial score (nSPS) is 13.8. The van der Waals surface area contributed by atoms with Crippen LogP contribution in [0.3, 0.4) is 0 Å². The van der Waals surface area contributed by atoms with Crippen molar-refractivity contribution in [1.82, 2.24) is 9.97 Å². The Bertz CT molecular complexity index is 520. The van der Waals surface area contributed by atoms with Gasteiger partial charge in [-0.1, -0.05) is 30.3 Å². The predicted molar refractivity (Wildman–Crippen MR) is 63.9 cm³/mol. The number of nitrogens with two attached hydrogens (primary N) is 1. The molecule has 0 amide bonds. The zero-order chi connectivity index (χ0) is 11.0. The smallest absolute Gasteiger partial charge is 0.161 e. The summed E-state index contributed by atoms with van der Waals surface area (Å²) < 4.78 is 0. The Balaban J connectivity index is 2.13. The van der Waals surface area contributed by atoms with Gasteiger partial charge in [0.25, 0.3) is 0 Å². The third-order valence-corrected chi connectivity index (χ3v) is 3.00. The molecule has 80 valence electrons. The Morgan fingerprint density at radius 2 is 1.81 bits per heavy atom. The van der Waals surface area contributed by atoms with Gasteiger partial charge in [-0.05, 0) is 19.3 Å². The predicted octanol–water partition coefficient (Wildman–Crippen LogP) is 2.21. The summed E-state index contributed by atoms with van der Waals surface area (Å²) in [6.07, 6.45) is 3.20. The standard InChI is InChI=1S/C13H13N3/c14-12-10-7-4-8-11(10)15-13(16-12)9-5-2-1-3-6-9/h1-3,5-6H,4,7-8H2,(H2,14,15,16). The molecule has 1 aromatic carbocycles. The molecule has 3 nitrogen and oxygen atoms in total. The van der Waals surface area contributed by atoms with Gasteiger partial charge in [0.05, 0.1) is 0 Å². The number of aryl methyl sites for hydroxylation is 1. The third kappa shape index (κ3) is 1.45. The lowest BCUT2D eigenvalue weighted by molar-refractivity contribution is 0.900. The lowest BCUT2D eigenvalue weighted by Gasteiger charge is -2.06. The van der Waals surface area contributed by atoms with Gasteiger partial charge >= 0.3 is 0 Å². The molecule has 1 heterocycles. The van der Waals surface area contributed by atoms with E-state index in [2.05, 4.69) is 9.97 Å². The fraction of sp³-hybridized carbons (Fsp3) is 0.231. The first-order valence-corrected chi connectivity index (χ1v) is 5.55. The van der Waals surface area contributed by atoms with Crippen LogP contribution in [-0.2, 0) is 12.8 Å². The van der Waals surface area contributed by atoms with Crippen LogP contribution in [0.5, 0.6) is 0 Å². The molecule has 3 heteroatoms. The van der Waals surface area contributed by atoms with E-state index in [0.29, 0.717) is 5.82 Å². The van der Waals surface area contributed by atoms with Crippen molar-refractivity contribution >= 4 is 5.82 Å². The summed E-state index contributed by atoms with van der Waals surface area (Å²) in [5.41, 5.74) is 9.27. The van der Waals surface area contributed by atoms with E-state index in [9.17, 15) is 0 Å². The van der Waals surface area contributed by atoms with Gasteiger partial charge in [0.15, 0.2) is 5.82 Å². The summed E-state index contributed by atoms with van der Waals surface area (Å²) in [7, 11) is 0. The molecule has 0 unspecified atom stereocenters. The van der Waals surface area contributed by atoms with Gasteiger partial charge in [0, 0.05) is 16.8 Å². The van der Waals surface area contributed by atoms with Crippen molar-refractivity contribution in [2.24, 2.45) is 0 Å². The Labute approximate surface area is 94.4 Å². The molecular weight excluding hydrogens is 198 g/mol. The molecule has 0 aliphatic heterocycles. The van der Waals surface area contributed by atoms with Gasteiger partial charge in [0.1, 0.15) is 5.82 Å². The Morgan fingerprint density at radius 3 is 2.62 bits per heavy atom. The van der Waals surface area contributed by atoms with Crippen LogP contribution in [0.2, 0.25) is 0 Å². The molecule has 16 heavy (non-hydrogen) atoms. The van der Waals surface area contributed by atoms with Crippen molar-refractivity contribution in [3.8, 4) is 11.4 Å². The second-order valence-corrected chi connectivity index (χ2v) is 4.08. The van der Waals surface area contributed by atoms with E-state index in [1.165, 1.54) is 0 Å². The molecule has 1 aromatic heterocycles. The maximum Gasteiger partial charge on any atom is 0.161 e. The second kappa shape index (κ2) is 3.59. The van der Waals surface area contributed by atoms with E-state index in [1.807, 2.05) is 30.3 Å². The minimum atomic E-state index is 0.654. The summed E-state index contributed by atoms with van der Waals surface area (Å²) in [4.78, 5) is 8.97. The zero-order valence-electron chi connectivity index (χ0n) is 8.98. The number of aromatic nitrogens is 2. The van der Waals surface area contributed by atoms with Crippen LogP contribution in [0, 0.1) is 0 Å². The molecule has 0 bridgehead atoms. The first-order chi connectivity index (χ1) is 7.84. The van der Waals surface area contributed by atoms with Crippen LogP contribution in [0.25, 0.3) is 11.4 Å². The van der Waals surface area contributed by atoms with Crippen LogP contribution in [0.4, 0.5) is 5.82 Å². The number of benzene rings is 1. The van der Waals surface area contributed by atoms with E-state index < -0.39 is 0 Å². The monoisotopic (exact) mass is 211 g/mol. The first kappa shape index (κ1) is 9.33. The molecule has 2 N–H and O–H groups in total. The average molecular weight is 211 g/mol. The molecule has 0 radical (unpaired) electrons. The number of hydrogen-bond acceptors (Lipinski definition) is 3. The fourth-order valence-corrected chi connectivity index (χ4v) is 2.18. The Hall–Kier alpha value is -1.90. The fourth-order valence-electron chi connectivity index (χ4n) is 2.18. The molecule has 3 rings (SSSR count). The Morgan fingerprint density at radius 1 is 1.00 bits per heavy atom. The first-order valence-electron chi connectivity index (χ1n) is 5.55. The van der Waals surface area contributed by atoms with Crippen molar-refractivity contribution < 1.29 is 0 Å².